The summed E-state index contributed by atoms with van der Waals surface area (Å²) in [6.07, 6.45) is 0.777. The van der Waals surface area contributed by atoms with Gasteiger partial charge in [-0.3, -0.25) is 0 Å². The van der Waals surface area contributed by atoms with Crippen molar-refractivity contribution >= 4 is 5.90 Å². The summed E-state index contributed by atoms with van der Waals surface area (Å²) >= 11 is 0. The van der Waals surface area contributed by atoms with Gasteiger partial charge in [0.15, 0.2) is 6.17 Å². The van der Waals surface area contributed by atoms with Crippen LogP contribution < -0.4 is 5.32 Å². The molecule has 1 aliphatic heterocycles. The fourth-order valence-electron chi connectivity index (χ4n) is 2.85. The fourth-order valence-corrected chi connectivity index (χ4v) is 2.85. The maximum atomic E-state index is 5.88. The Morgan fingerprint density at radius 1 is 1.00 bits per heavy atom. The van der Waals surface area contributed by atoms with Crippen molar-refractivity contribution in [2.24, 2.45) is 4.99 Å². The lowest BCUT2D eigenvalue weighted by molar-refractivity contribution is -0.0815. The van der Waals surface area contributed by atoms with Gasteiger partial charge in [0, 0.05) is 19.5 Å². The van der Waals surface area contributed by atoms with E-state index >= 15 is 0 Å². The zero-order valence-electron chi connectivity index (χ0n) is 14.4. The summed E-state index contributed by atoms with van der Waals surface area (Å²) in [7, 11) is 0. The zero-order valence-corrected chi connectivity index (χ0v) is 14.4. The van der Waals surface area contributed by atoms with Crippen molar-refractivity contribution in [3.8, 4) is 11.1 Å². The van der Waals surface area contributed by atoms with E-state index in [2.05, 4.69) is 67.7 Å². The van der Waals surface area contributed by atoms with Gasteiger partial charge in [-0.2, -0.15) is 0 Å². The Morgan fingerprint density at radius 2 is 1.71 bits per heavy atom. The molecule has 0 aliphatic carbocycles. The summed E-state index contributed by atoms with van der Waals surface area (Å²) in [6, 6.07) is 19.0. The zero-order chi connectivity index (χ0) is 16.8. The monoisotopic (exact) mass is 323 g/mol. The van der Waals surface area contributed by atoms with Gasteiger partial charge in [0.1, 0.15) is 0 Å². The van der Waals surface area contributed by atoms with E-state index in [-0.39, 0.29) is 6.17 Å². The number of hydroxylamine groups is 2. The van der Waals surface area contributed by atoms with E-state index in [1.54, 1.807) is 0 Å². The second-order valence-electron chi connectivity index (χ2n) is 5.81. The molecule has 0 saturated carbocycles. The smallest absolute Gasteiger partial charge is 0.213 e. The summed E-state index contributed by atoms with van der Waals surface area (Å²) in [5.74, 6) is 0.815. The van der Waals surface area contributed by atoms with Gasteiger partial charge in [-0.05, 0) is 30.2 Å². The molecule has 1 N–H and O–H groups in total. The Labute approximate surface area is 144 Å². The molecule has 2 aromatic carbocycles. The summed E-state index contributed by atoms with van der Waals surface area (Å²) in [6.45, 7) is 6.86. The molecule has 1 aliphatic rings. The van der Waals surface area contributed by atoms with Crippen LogP contribution in [0.4, 0.5) is 0 Å². The van der Waals surface area contributed by atoms with Crippen LogP contribution >= 0.6 is 0 Å². The first-order valence-corrected chi connectivity index (χ1v) is 8.69. The van der Waals surface area contributed by atoms with Gasteiger partial charge in [-0.15, -0.1) is 5.06 Å². The van der Waals surface area contributed by atoms with Crippen LogP contribution in [0.2, 0.25) is 0 Å². The van der Waals surface area contributed by atoms with Crippen LogP contribution in [-0.4, -0.2) is 30.6 Å². The molecule has 0 aromatic heterocycles. The highest BCUT2D eigenvalue weighted by Gasteiger charge is 2.28. The minimum absolute atomic E-state index is 0.0450. The highest BCUT2D eigenvalue weighted by Crippen LogP contribution is 2.30. The van der Waals surface area contributed by atoms with Gasteiger partial charge in [-0.25, -0.2) is 4.99 Å². The predicted octanol–water partition coefficient (Wildman–Crippen LogP) is 4.02. The summed E-state index contributed by atoms with van der Waals surface area (Å²) in [5, 5.41) is 5.25. The maximum Gasteiger partial charge on any atom is 0.213 e. The van der Waals surface area contributed by atoms with Crippen molar-refractivity contribution in [2.75, 3.05) is 19.6 Å². The van der Waals surface area contributed by atoms with Gasteiger partial charge < -0.3 is 10.2 Å². The topological polar surface area (TPSA) is 36.9 Å². The lowest BCUT2D eigenvalue weighted by Crippen LogP contribution is -2.24. The quantitative estimate of drug-likeness (QED) is 0.782. The molecule has 0 amide bonds. The van der Waals surface area contributed by atoms with E-state index in [1.807, 2.05) is 11.1 Å². The number of nitrogens with zero attached hydrogens (tertiary/aromatic N) is 2. The van der Waals surface area contributed by atoms with E-state index in [9.17, 15) is 0 Å². The van der Waals surface area contributed by atoms with E-state index in [4.69, 9.17) is 9.83 Å². The lowest BCUT2D eigenvalue weighted by atomic mass is 10.0. The van der Waals surface area contributed by atoms with Crippen LogP contribution in [0.5, 0.6) is 0 Å². The second-order valence-corrected chi connectivity index (χ2v) is 5.81. The third kappa shape index (κ3) is 3.83. The molecule has 0 saturated heterocycles. The van der Waals surface area contributed by atoms with E-state index in [0.717, 1.165) is 37.5 Å². The number of hydrogen-bond donors (Lipinski definition) is 1. The Kier molecular flexibility index (Phi) is 5.62. The largest absolute Gasteiger partial charge is 0.388 e. The SMILES string of the molecule is CCNCCC1=N[C@H](c2ccc(-c3ccccc3)cc2)N(CC)O1. The highest BCUT2D eigenvalue weighted by molar-refractivity contribution is 5.77. The van der Waals surface area contributed by atoms with Crippen molar-refractivity contribution in [3.63, 3.8) is 0 Å². The Hall–Kier alpha value is -2.17. The van der Waals surface area contributed by atoms with E-state index < -0.39 is 0 Å². The first-order chi connectivity index (χ1) is 11.8. The normalized spacial score (nSPS) is 17.6. The third-order valence-corrected chi connectivity index (χ3v) is 4.15. The van der Waals surface area contributed by atoms with Crippen molar-refractivity contribution in [1.82, 2.24) is 10.4 Å². The molecular formula is C20H25N3O. The minimum atomic E-state index is -0.0450. The van der Waals surface area contributed by atoms with Crippen molar-refractivity contribution in [2.45, 2.75) is 26.4 Å². The molecule has 4 nitrogen and oxygen atoms in total. The molecule has 1 atom stereocenters. The van der Waals surface area contributed by atoms with Crippen LogP contribution in [0.1, 0.15) is 32.0 Å². The molecule has 126 valence electrons. The Morgan fingerprint density at radius 3 is 2.38 bits per heavy atom. The molecule has 0 bridgehead atoms. The number of aliphatic imine (C=N–C) groups is 1. The molecular weight excluding hydrogens is 298 g/mol. The number of nitrogens with one attached hydrogen (secondary N) is 1. The number of rotatable bonds is 7. The van der Waals surface area contributed by atoms with Crippen LogP contribution in [-0.2, 0) is 4.84 Å². The summed E-state index contributed by atoms with van der Waals surface area (Å²) in [4.78, 5) is 10.6. The Balaban J connectivity index is 1.74. The van der Waals surface area contributed by atoms with Crippen LogP contribution in [0.15, 0.2) is 59.6 Å². The van der Waals surface area contributed by atoms with Gasteiger partial charge in [0.25, 0.3) is 0 Å². The molecule has 0 spiro atoms. The van der Waals surface area contributed by atoms with Crippen molar-refractivity contribution in [1.29, 1.82) is 0 Å². The molecule has 24 heavy (non-hydrogen) atoms. The molecule has 0 radical (unpaired) electrons. The number of hydrogen-bond acceptors (Lipinski definition) is 4. The van der Waals surface area contributed by atoms with Crippen LogP contribution in [0.25, 0.3) is 11.1 Å². The van der Waals surface area contributed by atoms with Crippen molar-refractivity contribution in [3.05, 3.63) is 60.2 Å². The van der Waals surface area contributed by atoms with Gasteiger partial charge in [0.2, 0.25) is 5.90 Å². The van der Waals surface area contributed by atoms with Crippen LogP contribution in [0.3, 0.4) is 0 Å². The lowest BCUT2D eigenvalue weighted by Gasteiger charge is -2.19. The van der Waals surface area contributed by atoms with Gasteiger partial charge >= 0.3 is 0 Å². The summed E-state index contributed by atoms with van der Waals surface area (Å²) in [5.41, 5.74) is 3.61. The third-order valence-electron chi connectivity index (χ3n) is 4.15. The fraction of sp³-hybridized carbons (Fsp3) is 0.350. The second kappa shape index (κ2) is 8.08. The molecule has 3 rings (SSSR count). The minimum Gasteiger partial charge on any atom is -0.388 e. The standard InChI is InChI=1S/C20H25N3O/c1-3-21-15-14-19-22-20(23(4-2)24-19)18-12-10-17(11-13-18)16-8-6-5-7-9-16/h5-13,20-21H,3-4,14-15H2,1-2H3/t20-/m0/s1. The first-order valence-electron chi connectivity index (χ1n) is 8.69. The van der Waals surface area contributed by atoms with Gasteiger partial charge in [-0.1, -0.05) is 61.5 Å². The number of benzene rings is 2. The predicted molar refractivity (Wildman–Crippen MR) is 98.7 cm³/mol. The van der Waals surface area contributed by atoms with E-state index in [0.29, 0.717) is 0 Å². The highest BCUT2D eigenvalue weighted by atomic mass is 16.7. The molecule has 2 aromatic rings. The average Bonchev–Trinajstić information content (AvgIpc) is 3.06. The molecule has 1 heterocycles. The van der Waals surface area contributed by atoms with Gasteiger partial charge in [0.05, 0.1) is 0 Å². The van der Waals surface area contributed by atoms with Crippen LogP contribution in [0, 0.1) is 0 Å². The van der Waals surface area contributed by atoms with E-state index in [1.165, 1.54) is 11.1 Å². The molecule has 0 unspecified atom stereocenters. The maximum absolute atomic E-state index is 5.88. The average molecular weight is 323 g/mol. The molecule has 0 fully saturated rings. The Bertz CT molecular complexity index is 667. The molecule has 4 heteroatoms. The first kappa shape index (κ1) is 16.7. The van der Waals surface area contributed by atoms with Crippen molar-refractivity contribution < 1.29 is 4.84 Å². The summed E-state index contributed by atoms with van der Waals surface area (Å²) < 4.78 is 0.